The molecular formula is C15H14N4. The molecule has 0 bridgehead atoms. The molecule has 2 N–H and O–H groups in total. The zero-order chi connectivity index (χ0) is 12.8. The summed E-state index contributed by atoms with van der Waals surface area (Å²) in [5.41, 5.74) is 11.9. The van der Waals surface area contributed by atoms with Gasteiger partial charge in [0, 0.05) is 11.4 Å². The molecular weight excluding hydrogens is 236 g/mol. The van der Waals surface area contributed by atoms with Gasteiger partial charge in [-0.3, -0.25) is 0 Å². The Morgan fingerprint density at radius 3 is 2.74 bits per heavy atom. The van der Waals surface area contributed by atoms with E-state index in [9.17, 15) is 0 Å². The second-order valence-corrected chi connectivity index (χ2v) is 4.91. The molecule has 0 radical (unpaired) electrons. The average molecular weight is 250 g/mol. The minimum Gasteiger partial charge on any atom is -0.382 e. The van der Waals surface area contributed by atoms with Crippen molar-refractivity contribution in [1.82, 2.24) is 14.5 Å². The van der Waals surface area contributed by atoms with E-state index in [1.807, 2.05) is 18.2 Å². The predicted octanol–water partition coefficient (Wildman–Crippen LogP) is 2.49. The Morgan fingerprint density at radius 2 is 1.89 bits per heavy atom. The second kappa shape index (κ2) is 3.82. The van der Waals surface area contributed by atoms with Crippen LogP contribution in [0.1, 0.15) is 17.7 Å². The number of hydrogen-bond donors (Lipinski definition) is 1. The Labute approximate surface area is 110 Å². The first-order valence-electron chi connectivity index (χ1n) is 6.54. The van der Waals surface area contributed by atoms with Crippen LogP contribution in [0.25, 0.3) is 16.7 Å². The molecule has 2 heterocycles. The maximum atomic E-state index is 6.08. The molecule has 0 fully saturated rings. The third kappa shape index (κ3) is 1.40. The third-order valence-corrected chi connectivity index (χ3v) is 3.83. The van der Waals surface area contributed by atoms with E-state index >= 15 is 0 Å². The molecule has 4 heteroatoms. The molecule has 0 saturated heterocycles. The highest BCUT2D eigenvalue weighted by atomic mass is 15.1. The largest absolute Gasteiger partial charge is 0.382 e. The topological polar surface area (TPSA) is 56.7 Å². The average Bonchev–Trinajstić information content (AvgIpc) is 3.01. The predicted molar refractivity (Wildman–Crippen MR) is 75.3 cm³/mol. The molecule has 4 nitrogen and oxygen atoms in total. The van der Waals surface area contributed by atoms with E-state index in [-0.39, 0.29) is 0 Å². The van der Waals surface area contributed by atoms with Gasteiger partial charge in [-0.25, -0.2) is 9.97 Å². The van der Waals surface area contributed by atoms with Crippen molar-refractivity contribution in [2.45, 2.75) is 19.3 Å². The molecule has 1 aromatic carbocycles. The molecule has 3 aromatic rings. The van der Waals surface area contributed by atoms with E-state index in [1.54, 1.807) is 6.33 Å². The summed E-state index contributed by atoms with van der Waals surface area (Å²) in [5.74, 6) is 0.559. The van der Waals surface area contributed by atoms with E-state index in [2.05, 4.69) is 26.7 Å². The number of nitrogens with two attached hydrogens (primary N) is 1. The summed E-state index contributed by atoms with van der Waals surface area (Å²) in [6.07, 6.45) is 4.92. The van der Waals surface area contributed by atoms with Gasteiger partial charge < -0.3 is 10.3 Å². The summed E-state index contributed by atoms with van der Waals surface area (Å²) in [4.78, 5) is 8.60. The van der Waals surface area contributed by atoms with Gasteiger partial charge in [0.15, 0.2) is 5.82 Å². The molecule has 1 aliphatic rings. The van der Waals surface area contributed by atoms with Crippen molar-refractivity contribution < 1.29 is 0 Å². The molecule has 0 saturated carbocycles. The van der Waals surface area contributed by atoms with Gasteiger partial charge in [-0.1, -0.05) is 18.2 Å². The summed E-state index contributed by atoms with van der Waals surface area (Å²) >= 11 is 0. The fourth-order valence-electron chi connectivity index (χ4n) is 3.06. The van der Waals surface area contributed by atoms with Crippen LogP contribution in [0.4, 0.5) is 5.82 Å². The number of nitrogen functional groups attached to an aromatic ring is 1. The Kier molecular flexibility index (Phi) is 2.12. The number of rotatable bonds is 1. The lowest BCUT2D eigenvalue weighted by molar-refractivity contribution is 0.872. The second-order valence-electron chi connectivity index (χ2n) is 4.91. The van der Waals surface area contributed by atoms with Gasteiger partial charge in [0.2, 0.25) is 0 Å². The van der Waals surface area contributed by atoms with Gasteiger partial charge in [-0.2, -0.15) is 0 Å². The summed E-state index contributed by atoms with van der Waals surface area (Å²) < 4.78 is 2.23. The number of para-hydroxylation sites is 1. The van der Waals surface area contributed by atoms with Crippen molar-refractivity contribution in [1.29, 1.82) is 0 Å². The van der Waals surface area contributed by atoms with Crippen LogP contribution in [0.15, 0.2) is 36.7 Å². The molecule has 0 amide bonds. The Hall–Kier alpha value is -2.36. The molecule has 0 spiro atoms. The van der Waals surface area contributed by atoms with Crippen LogP contribution in [-0.4, -0.2) is 14.5 Å². The molecule has 19 heavy (non-hydrogen) atoms. The number of hydrogen-bond acceptors (Lipinski definition) is 3. The van der Waals surface area contributed by atoms with Crippen LogP contribution >= 0.6 is 0 Å². The van der Waals surface area contributed by atoms with Gasteiger partial charge in [0.1, 0.15) is 11.8 Å². The lowest BCUT2D eigenvalue weighted by Gasteiger charge is -2.09. The first kappa shape index (κ1) is 10.6. The zero-order valence-corrected chi connectivity index (χ0v) is 10.5. The first-order chi connectivity index (χ1) is 9.36. The SMILES string of the molecule is Nc1ncnc2c3c(n(-c4ccccc4)c12)CCC3. The summed E-state index contributed by atoms with van der Waals surface area (Å²) in [6, 6.07) is 10.3. The Balaban J connectivity index is 2.15. The zero-order valence-electron chi connectivity index (χ0n) is 10.5. The van der Waals surface area contributed by atoms with Gasteiger partial charge in [0.05, 0.1) is 5.52 Å². The third-order valence-electron chi connectivity index (χ3n) is 3.83. The van der Waals surface area contributed by atoms with Gasteiger partial charge >= 0.3 is 0 Å². The van der Waals surface area contributed by atoms with Crippen LogP contribution in [0.3, 0.4) is 0 Å². The lowest BCUT2D eigenvalue weighted by atomic mass is 10.2. The van der Waals surface area contributed by atoms with Crippen molar-refractivity contribution in [3.05, 3.63) is 47.9 Å². The molecule has 2 aromatic heterocycles. The number of aromatic nitrogens is 3. The highest BCUT2D eigenvalue weighted by Crippen LogP contribution is 2.35. The van der Waals surface area contributed by atoms with E-state index in [1.165, 1.54) is 17.7 Å². The first-order valence-corrected chi connectivity index (χ1v) is 6.54. The van der Waals surface area contributed by atoms with Crippen molar-refractivity contribution in [2.24, 2.45) is 0 Å². The number of fused-ring (bicyclic) bond motifs is 3. The molecule has 4 rings (SSSR count). The minimum absolute atomic E-state index is 0.559. The fraction of sp³-hybridized carbons (Fsp3) is 0.200. The summed E-state index contributed by atoms with van der Waals surface area (Å²) in [5, 5.41) is 0. The van der Waals surface area contributed by atoms with Crippen LogP contribution < -0.4 is 5.73 Å². The van der Waals surface area contributed by atoms with E-state index in [4.69, 9.17) is 5.73 Å². The maximum absolute atomic E-state index is 6.08. The number of aryl methyl sites for hydroxylation is 1. The fourth-order valence-corrected chi connectivity index (χ4v) is 3.06. The monoisotopic (exact) mass is 250 g/mol. The Morgan fingerprint density at radius 1 is 1.05 bits per heavy atom. The van der Waals surface area contributed by atoms with E-state index < -0.39 is 0 Å². The number of benzene rings is 1. The highest BCUT2D eigenvalue weighted by Gasteiger charge is 2.24. The molecule has 1 aliphatic carbocycles. The molecule has 0 unspecified atom stereocenters. The van der Waals surface area contributed by atoms with Gasteiger partial charge in [0.25, 0.3) is 0 Å². The van der Waals surface area contributed by atoms with Crippen molar-refractivity contribution >= 4 is 16.9 Å². The standard InChI is InChI=1S/C15H14N4/c16-15-14-13(17-9-18-15)11-7-4-8-12(11)19(14)10-5-2-1-3-6-10/h1-3,5-6,9H,4,7-8H2,(H2,16,17,18). The van der Waals surface area contributed by atoms with Crippen molar-refractivity contribution in [3.63, 3.8) is 0 Å². The molecule has 94 valence electrons. The summed E-state index contributed by atoms with van der Waals surface area (Å²) in [7, 11) is 0. The lowest BCUT2D eigenvalue weighted by Crippen LogP contribution is -2.02. The van der Waals surface area contributed by atoms with E-state index in [0.717, 1.165) is 29.6 Å². The normalized spacial score (nSPS) is 13.9. The number of anilines is 1. The number of nitrogens with zero attached hydrogens (tertiary/aromatic N) is 3. The van der Waals surface area contributed by atoms with Crippen LogP contribution in [-0.2, 0) is 12.8 Å². The van der Waals surface area contributed by atoms with Crippen LogP contribution in [0.2, 0.25) is 0 Å². The molecule has 0 aliphatic heterocycles. The Bertz CT molecular complexity index is 759. The van der Waals surface area contributed by atoms with Crippen molar-refractivity contribution in [3.8, 4) is 5.69 Å². The van der Waals surface area contributed by atoms with Crippen LogP contribution in [0.5, 0.6) is 0 Å². The van der Waals surface area contributed by atoms with E-state index in [0.29, 0.717) is 5.82 Å². The van der Waals surface area contributed by atoms with Crippen molar-refractivity contribution in [2.75, 3.05) is 5.73 Å². The highest BCUT2D eigenvalue weighted by molar-refractivity contribution is 5.91. The minimum atomic E-state index is 0.559. The van der Waals surface area contributed by atoms with Gasteiger partial charge in [-0.05, 0) is 37.0 Å². The maximum Gasteiger partial charge on any atom is 0.151 e. The summed E-state index contributed by atoms with van der Waals surface area (Å²) in [6.45, 7) is 0. The van der Waals surface area contributed by atoms with Gasteiger partial charge in [-0.15, -0.1) is 0 Å². The quantitative estimate of drug-likeness (QED) is 0.722. The smallest absolute Gasteiger partial charge is 0.151 e. The van der Waals surface area contributed by atoms with Crippen LogP contribution in [0, 0.1) is 0 Å². The molecule has 0 atom stereocenters.